The van der Waals surface area contributed by atoms with Gasteiger partial charge >= 0.3 is 0 Å². The maximum absolute atomic E-state index is 12.6. The topological polar surface area (TPSA) is 85.0 Å². The molecule has 7 nitrogen and oxygen atoms in total. The van der Waals surface area contributed by atoms with Crippen molar-refractivity contribution < 1.29 is 9.32 Å². The van der Waals surface area contributed by atoms with E-state index in [2.05, 4.69) is 26.2 Å². The van der Waals surface area contributed by atoms with Gasteiger partial charge in [0, 0.05) is 55.3 Å². The Labute approximate surface area is 156 Å². The lowest BCUT2D eigenvalue weighted by atomic mass is 9.90. The smallest absolute Gasteiger partial charge is 0.232 e. The van der Waals surface area contributed by atoms with Gasteiger partial charge < -0.3 is 9.42 Å². The molecule has 0 bridgehead atoms. The largest absolute Gasteiger partial charge is 0.341 e. The van der Waals surface area contributed by atoms with Crippen LogP contribution in [0.15, 0.2) is 53.6 Å². The lowest BCUT2D eigenvalue weighted by Gasteiger charge is -2.16. The molecule has 4 heterocycles. The minimum Gasteiger partial charge on any atom is -0.341 e. The van der Waals surface area contributed by atoms with E-state index in [1.807, 2.05) is 29.3 Å². The zero-order valence-corrected chi connectivity index (χ0v) is 14.7. The van der Waals surface area contributed by atoms with Crippen LogP contribution in [0.2, 0.25) is 0 Å². The second kappa shape index (κ2) is 6.57. The molecular formula is C20H19N5O2. The first-order valence-corrected chi connectivity index (χ1v) is 9.22. The minimum absolute atomic E-state index is 0.0278. The van der Waals surface area contributed by atoms with Crippen LogP contribution >= 0.6 is 0 Å². The van der Waals surface area contributed by atoms with E-state index in [0.29, 0.717) is 24.8 Å². The fourth-order valence-corrected chi connectivity index (χ4v) is 3.76. The molecule has 0 unspecified atom stereocenters. The van der Waals surface area contributed by atoms with Gasteiger partial charge in [-0.2, -0.15) is 4.98 Å². The van der Waals surface area contributed by atoms with Crippen LogP contribution in [0.3, 0.4) is 0 Å². The molecule has 2 fully saturated rings. The third-order valence-corrected chi connectivity index (χ3v) is 5.37. The minimum atomic E-state index is -0.0278. The van der Waals surface area contributed by atoms with E-state index >= 15 is 0 Å². The van der Waals surface area contributed by atoms with Gasteiger partial charge in [-0.15, -0.1) is 0 Å². The van der Waals surface area contributed by atoms with Crippen molar-refractivity contribution in [1.82, 2.24) is 25.0 Å². The number of rotatable bonds is 4. The highest BCUT2D eigenvalue weighted by molar-refractivity contribution is 5.81. The van der Waals surface area contributed by atoms with Crippen LogP contribution in [0.1, 0.15) is 36.1 Å². The lowest BCUT2D eigenvalue weighted by Crippen LogP contribution is -2.30. The van der Waals surface area contributed by atoms with Crippen molar-refractivity contribution in [3.8, 4) is 11.4 Å². The molecule has 3 aromatic rings. The van der Waals surface area contributed by atoms with Gasteiger partial charge in [0.15, 0.2) is 0 Å². The highest BCUT2D eigenvalue weighted by Gasteiger charge is 2.43. The van der Waals surface area contributed by atoms with Crippen LogP contribution < -0.4 is 0 Å². The highest BCUT2D eigenvalue weighted by atomic mass is 16.5. The van der Waals surface area contributed by atoms with E-state index in [1.54, 1.807) is 18.6 Å². The Morgan fingerprint density at radius 3 is 2.59 bits per heavy atom. The molecule has 2 atom stereocenters. The molecule has 5 rings (SSSR count). The Morgan fingerprint density at radius 1 is 1.04 bits per heavy atom. The summed E-state index contributed by atoms with van der Waals surface area (Å²) in [6, 6.07) is 7.68. The predicted octanol–water partition coefficient (Wildman–Crippen LogP) is 2.65. The number of amides is 1. The molecule has 27 heavy (non-hydrogen) atoms. The molecule has 3 aromatic heterocycles. The Kier molecular flexibility index (Phi) is 3.92. The van der Waals surface area contributed by atoms with E-state index in [-0.39, 0.29) is 23.7 Å². The first-order valence-electron chi connectivity index (χ1n) is 9.22. The van der Waals surface area contributed by atoms with Gasteiger partial charge in [-0.1, -0.05) is 11.2 Å². The van der Waals surface area contributed by atoms with Gasteiger partial charge in [0.2, 0.25) is 17.6 Å². The van der Waals surface area contributed by atoms with E-state index in [0.717, 1.165) is 24.0 Å². The van der Waals surface area contributed by atoms with Crippen molar-refractivity contribution in [2.45, 2.75) is 24.7 Å². The van der Waals surface area contributed by atoms with Crippen LogP contribution in [0.4, 0.5) is 0 Å². The summed E-state index contributed by atoms with van der Waals surface area (Å²) in [5.41, 5.74) is 1.96. The summed E-state index contributed by atoms with van der Waals surface area (Å²) < 4.78 is 5.62. The fraction of sp³-hybridized carbons (Fsp3) is 0.350. The van der Waals surface area contributed by atoms with E-state index < -0.39 is 0 Å². The van der Waals surface area contributed by atoms with Gasteiger partial charge in [-0.3, -0.25) is 14.8 Å². The van der Waals surface area contributed by atoms with E-state index in [4.69, 9.17) is 4.52 Å². The quantitative estimate of drug-likeness (QED) is 0.710. The zero-order valence-electron chi connectivity index (χ0n) is 14.7. The van der Waals surface area contributed by atoms with Crippen molar-refractivity contribution in [3.63, 3.8) is 0 Å². The summed E-state index contributed by atoms with van der Waals surface area (Å²) in [5.74, 6) is 1.65. The average molecular weight is 361 g/mol. The molecule has 1 amide bonds. The number of hydrogen-bond donors (Lipinski definition) is 0. The standard InChI is InChI=1S/C20H19N5O2/c26-20(14-3-4-14)25-11-16(15-2-1-7-22-10-15)17(12-25)19-23-18(24-27-19)13-5-8-21-9-6-13/h1-2,5-10,14,16-17H,3-4,11-12H2/t16-,17+/m0/s1. The number of carbonyl (C=O) groups is 1. The van der Waals surface area contributed by atoms with Crippen LogP contribution in [-0.2, 0) is 4.79 Å². The van der Waals surface area contributed by atoms with Crippen molar-refractivity contribution >= 4 is 5.91 Å². The molecule has 7 heteroatoms. The molecule has 0 aromatic carbocycles. The predicted molar refractivity (Wildman–Crippen MR) is 96.6 cm³/mol. The Morgan fingerprint density at radius 2 is 1.85 bits per heavy atom. The lowest BCUT2D eigenvalue weighted by molar-refractivity contribution is -0.131. The van der Waals surface area contributed by atoms with E-state index in [1.165, 1.54) is 0 Å². The molecule has 0 radical (unpaired) electrons. The number of carbonyl (C=O) groups excluding carboxylic acids is 1. The van der Waals surface area contributed by atoms with Gasteiger partial charge in [0.05, 0.1) is 5.92 Å². The normalized spacial score (nSPS) is 22.1. The number of hydrogen-bond acceptors (Lipinski definition) is 6. The molecule has 2 aliphatic rings. The van der Waals surface area contributed by atoms with Gasteiger partial charge in [-0.05, 0) is 36.6 Å². The third kappa shape index (κ3) is 3.09. The Balaban J connectivity index is 1.46. The monoisotopic (exact) mass is 361 g/mol. The Hall–Kier alpha value is -3.09. The molecule has 136 valence electrons. The summed E-state index contributed by atoms with van der Waals surface area (Å²) in [4.78, 5) is 27.5. The first-order chi connectivity index (χ1) is 13.3. The summed E-state index contributed by atoms with van der Waals surface area (Å²) in [7, 11) is 0. The molecule has 1 saturated carbocycles. The summed E-state index contributed by atoms with van der Waals surface area (Å²) in [6.45, 7) is 1.27. The molecule has 1 saturated heterocycles. The fourth-order valence-electron chi connectivity index (χ4n) is 3.76. The number of nitrogens with zero attached hydrogens (tertiary/aromatic N) is 5. The van der Waals surface area contributed by atoms with Crippen molar-refractivity contribution in [2.75, 3.05) is 13.1 Å². The number of likely N-dealkylation sites (tertiary alicyclic amines) is 1. The SMILES string of the molecule is O=C(C1CC1)N1C[C@@H](c2cccnc2)[C@H](c2nc(-c3ccncc3)no2)C1. The molecular weight excluding hydrogens is 342 g/mol. The third-order valence-electron chi connectivity index (χ3n) is 5.37. The molecule has 0 N–H and O–H groups in total. The molecule has 1 aliphatic heterocycles. The van der Waals surface area contributed by atoms with Gasteiger partial charge in [-0.25, -0.2) is 0 Å². The average Bonchev–Trinajstić information content (AvgIpc) is 3.29. The summed E-state index contributed by atoms with van der Waals surface area (Å²) >= 11 is 0. The van der Waals surface area contributed by atoms with Crippen molar-refractivity contribution in [3.05, 3.63) is 60.5 Å². The van der Waals surface area contributed by atoms with Crippen molar-refractivity contribution in [2.24, 2.45) is 5.92 Å². The molecule has 0 spiro atoms. The second-order valence-electron chi connectivity index (χ2n) is 7.21. The van der Waals surface area contributed by atoms with Gasteiger partial charge in [0.25, 0.3) is 0 Å². The summed E-state index contributed by atoms with van der Waals surface area (Å²) in [5, 5.41) is 4.14. The molecule has 1 aliphatic carbocycles. The van der Waals surface area contributed by atoms with Crippen LogP contribution in [0, 0.1) is 5.92 Å². The number of aromatic nitrogens is 4. The zero-order chi connectivity index (χ0) is 18.2. The van der Waals surface area contributed by atoms with Gasteiger partial charge in [0.1, 0.15) is 0 Å². The Bertz CT molecular complexity index is 939. The first kappa shape index (κ1) is 16.1. The summed E-state index contributed by atoms with van der Waals surface area (Å²) in [6.07, 6.45) is 9.04. The maximum atomic E-state index is 12.6. The number of pyridine rings is 2. The highest BCUT2D eigenvalue weighted by Crippen LogP contribution is 2.41. The second-order valence-corrected chi connectivity index (χ2v) is 7.21. The van der Waals surface area contributed by atoms with Crippen LogP contribution in [-0.4, -0.2) is 44.0 Å². The van der Waals surface area contributed by atoms with Crippen LogP contribution in [0.25, 0.3) is 11.4 Å². The van der Waals surface area contributed by atoms with E-state index in [9.17, 15) is 4.79 Å². The maximum Gasteiger partial charge on any atom is 0.232 e. The van der Waals surface area contributed by atoms with Crippen LogP contribution in [0.5, 0.6) is 0 Å². The van der Waals surface area contributed by atoms with Crippen molar-refractivity contribution in [1.29, 1.82) is 0 Å².